The van der Waals surface area contributed by atoms with E-state index in [0.29, 0.717) is 11.7 Å². The number of carbonyl (C=O) groups is 1. The molecule has 0 N–H and O–H groups in total. The van der Waals surface area contributed by atoms with Gasteiger partial charge >= 0.3 is 5.97 Å². The van der Waals surface area contributed by atoms with Crippen LogP contribution in [0.3, 0.4) is 0 Å². The van der Waals surface area contributed by atoms with Gasteiger partial charge in [0.2, 0.25) is 5.88 Å². The van der Waals surface area contributed by atoms with Crippen molar-refractivity contribution in [1.82, 2.24) is 9.97 Å². The molecule has 0 radical (unpaired) electrons. The van der Waals surface area contributed by atoms with Crippen molar-refractivity contribution in [2.45, 2.75) is 26.2 Å². The number of rotatable bonds is 2. The minimum atomic E-state index is -0.599. The molecular formula is C15H12Cl2N2O2. The lowest BCUT2D eigenvalue weighted by molar-refractivity contribution is 0.0726. The highest BCUT2D eigenvalue weighted by molar-refractivity contribution is 6.39. The first-order valence-electron chi connectivity index (χ1n) is 6.59. The van der Waals surface area contributed by atoms with Gasteiger partial charge in [-0.2, -0.15) is 4.98 Å². The van der Waals surface area contributed by atoms with Gasteiger partial charge < -0.3 is 4.74 Å². The largest absolute Gasteiger partial charge is 0.403 e. The fourth-order valence-corrected chi connectivity index (χ4v) is 2.98. The Kier molecular flexibility index (Phi) is 3.83. The second-order valence-corrected chi connectivity index (χ2v) is 5.66. The van der Waals surface area contributed by atoms with Gasteiger partial charge in [0.25, 0.3) is 0 Å². The van der Waals surface area contributed by atoms with Crippen molar-refractivity contribution >= 4 is 29.2 Å². The highest BCUT2D eigenvalue weighted by atomic mass is 35.5. The minimum Gasteiger partial charge on any atom is -0.403 e. The maximum Gasteiger partial charge on any atom is 0.347 e. The Labute approximate surface area is 132 Å². The minimum absolute atomic E-state index is 0.156. The van der Waals surface area contributed by atoms with Gasteiger partial charge in [0, 0.05) is 5.56 Å². The van der Waals surface area contributed by atoms with Crippen LogP contribution in [0.15, 0.2) is 18.2 Å². The molecule has 3 rings (SSSR count). The van der Waals surface area contributed by atoms with Crippen LogP contribution >= 0.6 is 23.2 Å². The van der Waals surface area contributed by atoms with Crippen LogP contribution in [0.5, 0.6) is 5.88 Å². The molecular weight excluding hydrogens is 311 g/mol. The second-order valence-electron chi connectivity index (χ2n) is 4.84. The smallest absolute Gasteiger partial charge is 0.347 e. The average Bonchev–Trinajstić information content (AvgIpc) is 2.86. The third-order valence-electron chi connectivity index (χ3n) is 3.36. The van der Waals surface area contributed by atoms with Gasteiger partial charge in [-0.15, -0.1) is 0 Å². The van der Waals surface area contributed by atoms with Crippen LogP contribution < -0.4 is 4.74 Å². The Morgan fingerprint density at radius 2 is 1.90 bits per heavy atom. The van der Waals surface area contributed by atoms with Crippen molar-refractivity contribution in [2.24, 2.45) is 0 Å². The van der Waals surface area contributed by atoms with E-state index in [0.717, 1.165) is 30.5 Å². The first-order chi connectivity index (χ1) is 10.1. The first-order valence-corrected chi connectivity index (χ1v) is 7.34. The molecule has 1 aromatic carbocycles. The lowest BCUT2D eigenvalue weighted by atomic mass is 10.2. The number of aryl methyl sites for hydroxylation is 2. The number of esters is 1. The van der Waals surface area contributed by atoms with Gasteiger partial charge in [0.15, 0.2) is 0 Å². The molecule has 0 saturated carbocycles. The normalized spacial score (nSPS) is 13.1. The fourth-order valence-electron chi connectivity index (χ4n) is 2.43. The Balaban J connectivity index is 1.96. The molecule has 0 fully saturated rings. The SMILES string of the molecule is Cc1nc2c(c(OC(=O)c3c(Cl)cccc3Cl)n1)CCC2. The molecule has 6 heteroatoms. The predicted molar refractivity (Wildman–Crippen MR) is 80.2 cm³/mol. The van der Waals surface area contributed by atoms with E-state index in [-0.39, 0.29) is 15.6 Å². The Morgan fingerprint density at radius 1 is 1.19 bits per heavy atom. The summed E-state index contributed by atoms with van der Waals surface area (Å²) < 4.78 is 5.43. The molecule has 21 heavy (non-hydrogen) atoms. The molecule has 0 bridgehead atoms. The number of hydrogen-bond donors (Lipinski definition) is 0. The summed E-state index contributed by atoms with van der Waals surface area (Å²) in [6.45, 7) is 1.78. The summed E-state index contributed by atoms with van der Waals surface area (Å²) in [6, 6.07) is 4.87. The lowest BCUT2D eigenvalue weighted by Crippen LogP contribution is -2.13. The number of carbonyl (C=O) groups excluding carboxylic acids is 1. The zero-order valence-corrected chi connectivity index (χ0v) is 12.8. The number of hydrogen-bond acceptors (Lipinski definition) is 4. The van der Waals surface area contributed by atoms with Crippen molar-refractivity contribution in [3.8, 4) is 5.88 Å². The van der Waals surface area contributed by atoms with Crippen molar-refractivity contribution < 1.29 is 9.53 Å². The standard InChI is InChI=1S/C15H12Cl2N2O2/c1-8-18-12-7-2-4-9(12)14(19-8)21-15(20)13-10(16)5-3-6-11(13)17/h3,5-6H,2,4,7H2,1H3. The maximum atomic E-state index is 12.3. The summed E-state index contributed by atoms with van der Waals surface area (Å²) in [5, 5.41) is 0.518. The molecule has 2 aromatic rings. The molecule has 0 aliphatic heterocycles. The van der Waals surface area contributed by atoms with Gasteiger partial charge in [-0.3, -0.25) is 0 Å². The monoisotopic (exact) mass is 322 g/mol. The van der Waals surface area contributed by atoms with Gasteiger partial charge in [-0.05, 0) is 38.3 Å². The summed E-state index contributed by atoms with van der Waals surface area (Å²) in [7, 11) is 0. The number of benzene rings is 1. The average molecular weight is 323 g/mol. The predicted octanol–water partition coefficient (Wildman–Crippen LogP) is 3.80. The van der Waals surface area contributed by atoms with E-state index in [2.05, 4.69) is 9.97 Å². The Bertz CT molecular complexity index is 712. The summed E-state index contributed by atoms with van der Waals surface area (Å²) >= 11 is 12.0. The van der Waals surface area contributed by atoms with E-state index in [1.165, 1.54) is 0 Å². The second kappa shape index (κ2) is 5.62. The molecule has 108 valence electrons. The van der Waals surface area contributed by atoms with E-state index >= 15 is 0 Å². The zero-order valence-electron chi connectivity index (χ0n) is 11.3. The summed E-state index contributed by atoms with van der Waals surface area (Å²) in [6.07, 6.45) is 2.69. The third kappa shape index (κ3) is 2.74. The highest BCUT2D eigenvalue weighted by Crippen LogP contribution is 2.30. The number of ether oxygens (including phenoxy) is 1. The molecule has 0 atom stereocenters. The number of fused-ring (bicyclic) bond motifs is 1. The number of aromatic nitrogens is 2. The van der Waals surface area contributed by atoms with Crippen molar-refractivity contribution in [2.75, 3.05) is 0 Å². The van der Waals surface area contributed by atoms with Crippen LogP contribution in [0.4, 0.5) is 0 Å². The number of halogens is 2. The summed E-state index contributed by atoms with van der Waals surface area (Å²) in [4.78, 5) is 20.9. The molecule has 0 saturated heterocycles. The van der Waals surface area contributed by atoms with E-state index < -0.39 is 5.97 Å². The van der Waals surface area contributed by atoms with E-state index in [1.54, 1.807) is 25.1 Å². The van der Waals surface area contributed by atoms with Crippen molar-refractivity contribution in [3.05, 3.63) is 50.9 Å². The highest BCUT2D eigenvalue weighted by Gasteiger charge is 2.23. The molecule has 1 aliphatic carbocycles. The van der Waals surface area contributed by atoms with Crippen LogP contribution in [0.2, 0.25) is 10.0 Å². The van der Waals surface area contributed by atoms with Gasteiger partial charge in [-0.25, -0.2) is 9.78 Å². The van der Waals surface area contributed by atoms with Crippen LogP contribution in [0, 0.1) is 6.92 Å². The summed E-state index contributed by atoms with van der Waals surface area (Å²) in [5.74, 6) is 0.303. The lowest BCUT2D eigenvalue weighted by Gasteiger charge is -2.10. The van der Waals surface area contributed by atoms with Crippen molar-refractivity contribution in [1.29, 1.82) is 0 Å². The molecule has 1 heterocycles. The first kappa shape index (κ1) is 14.3. The molecule has 0 unspecified atom stereocenters. The van der Waals surface area contributed by atoms with E-state index in [4.69, 9.17) is 27.9 Å². The maximum absolute atomic E-state index is 12.3. The van der Waals surface area contributed by atoms with Crippen LogP contribution in [0.25, 0.3) is 0 Å². The van der Waals surface area contributed by atoms with Crippen LogP contribution in [-0.2, 0) is 12.8 Å². The Hall–Kier alpha value is -1.65. The van der Waals surface area contributed by atoms with Gasteiger partial charge in [0.1, 0.15) is 5.82 Å². The number of nitrogens with zero attached hydrogens (tertiary/aromatic N) is 2. The molecule has 0 amide bonds. The quantitative estimate of drug-likeness (QED) is 0.789. The topological polar surface area (TPSA) is 52.1 Å². The zero-order chi connectivity index (χ0) is 15.0. The summed E-state index contributed by atoms with van der Waals surface area (Å²) in [5.41, 5.74) is 2.01. The molecule has 4 nitrogen and oxygen atoms in total. The van der Waals surface area contributed by atoms with E-state index in [1.807, 2.05) is 0 Å². The van der Waals surface area contributed by atoms with Crippen molar-refractivity contribution in [3.63, 3.8) is 0 Å². The Morgan fingerprint density at radius 3 is 2.62 bits per heavy atom. The molecule has 0 spiro atoms. The van der Waals surface area contributed by atoms with E-state index in [9.17, 15) is 4.79 Å². The van der Waals surface area contributed by atoms with Crippen LogP contribution in [0.1, 0.15) is 33.9 Å². The van der Waals surface area contributed by atoms with Gasteiger partial charge in [0.05, 0.1) is 21.3 Å². The van der Waals surface area contributed by atoms with Crippen LogP contribution in [-0.4, -0.2) is 15.9 Å². The fraction of sp³-hybridized carbons (Fsp3) is 0.267. The third-order valence-corrected chi connectivity index (χ3v) is 3.99. The molecule has 1 aliphatic rings. The van der Waals surface area contributed by atoms with Gasteiger partial charge in [-0.1, -0.05) is 29.3 Å². The molecule has 1 aromatic heterocycles.